The molecule has 35 heavy (non-hydrogen) atoms. The van der Waals surface area contributed by atoms with Crippen LogP contribution < -0.4 is 14.7 Å². The van der Waals surface area contributed by atoms with Crippen LogP contribution in [0.3, 0.4) is 0 Å². The predicted molar refractivity (Wildman–Crippen MR) is 137 cm³/mol. The van der Waals surface area contributed by atoms with Gasteiger partial charge in [-0.3, -0.25) is 9.59 Å². The predicted octanol–water partition coefficient (Wildman–Crippen LogP) is 3.48. The van der Waals surface area contributed by atoms with E-state index < -0.39 is 9.84 Å². The highest BCUT2D eigenvalue weighted by atomic mass is 32.2. The topological polar surface area (TPSA) is 78.0 Å². The SMILES string of the molecule is C[C@H]1CN(C(=O)C2CC2)c2cc(-c3ccc(N4CCS(=O)(=O)CC4)cc3)ccc2N1C(=O)C1CC1. The molecule has 1 atom stereocenters. The number of benzene rings is 2. The van der Waals surface area contributed by atoms with Gasteiger partial charge in [0, 0.05) is 37.2 Å². The number of anilines is 3. The van der Waals surface area contributed by atoms with Crippen LogP contribution in [0.25, 0.3) is 11.1 Å². The van der Waals surface area contributed by atoms with Crippen molar-refractivity contribution in [1.29, 1.82) is 0 Å². The third-order valence-corrected chi connectivity index (χ3v) is 9.29. The molecule has 0 spiro atoms. The summed E-state index contributed by atoms with van der Waals surface area (Å²) in [6.45, 7) is 3.60. The third kappa shape index (κ3) is 4.33. The number of rotatable bonds is 4. The molecule has 184 valence electrons. The normalized spacial score (nSPS) is 23.7. The lowest BCUT2D eigenvalue weighted by molar-refractivity contribution is -0.122. The Balaban J connectivity index is 1.31. The average molecular weight is 494 g/mol. The first-order valence-corrected chi connectivity index (χ1v) is 14.5. The Hall–Kier alpha value is -2.87. The van der Waals surface area contributed by atoms with E-state index in [0.717, 1.165) is 53.9 Å². The summed E-state index contributed by atoms with van der Waals surface area (Å²) in [5.41, 5.74) is 4.71. The van der Waals surface area contributed by atoms with E-state index in [1.807, 2.05) is 53.1 Å². The van der Waals surface area contributed by atoms with Crippen LogP contribution >= 0.6 is 0 Å². The maximum Gasteiger partial charge on any atom is 0.230 e. The van der Waals surface area contributed by atoms with E-state index in [0.29, 0.717) is 19.6 Å². The Morgan fingerprint density at radius 3 is 2.03 bits per heavy atom. The zero-order valence-corrected chi connectivity index (χ0v) is 20.8. The summed E-state index contributed by atoms with van der Waals surface area (Å²) in [6, 6.07) is 14.2. The molecule has 2 aromatic rings. The van der Waals surface area contributed by atoms with E-state index in [-0.39, 0.29) is 41.2 Å². The van der Waals surface area contributed by atoms with Crippen molar-refractivity contribution in [3.05, 3.63) is 42.5 Å². The first-order valence-electron chi connectivity index (χ1n) is 12.6. The number of carbonyl (C=O) groups is 2. The molecule has 2 aromatic carbocycles. The van der Waals surface area contributed by atoms with Crippen LogP contribution in [0.5, 0.6) is 0 Å². The Bertz CT molecular complexity index is 1270. The number of hydrogen-bond acceptors (Lipinski definition) is 5. The van der Waals surface area contributed by atoms with E-state index in [9.17, 15) is 18.0 Å². The number of fused-ring (bicyclic) bond motifs is 1. The van der Waals surface area contributed by atoms with Crippen LogP contribution in [0.15, 0.2) is 42.5 Å². The molecule has 3 fully saturated rings. The van der Waals surface area contributed by atoms with Gasteiger partial charge in [-0.1, -0.05) is 18.2 Å². The van der Waals surface area contributed by atoms with Gasteiger partial charge in [0.2, 0.25) is 11.8 Å². The van der Waals surface area contributed by atoms with Crippen molar-refractivity contribution in [1.82, 2.24) is 0 Å². The fourth-order valence-electron chi connectivity index (χ4n) is 5.26. The maximum absolute atomic E-state index is 13.2. The van der Waals surface area contributed by atoms with Crippen LogP contribution in [0, 0.1) is 11.8 Å². The van der Waals surface area contributed by atoms with Crippen molar-refractivity contribution >= 4 is 38.7 Å². The highest BCUT2D eigenvalue weighted by molar-refractivity contribution is 7.91. The first kappa shape index (κ1) is 22.6. The van der Waals surface area contributed by atoms with Crippen LogP contribution in [-0.4, -0.2) is 57.4 Å². The molecule has 2 heterocycles. The number of hydrogen-bond donors (Lipinski definition) is 0. The highest BCUT2D eigenvalue weighted by Gasteiger charge is 2.43. The van der Waals surface area contributed by atoms with Crippen LogP contribution in [0.1, 0.15) is 32.6 Å². The van der Waals surface area contributed by atoms with E-state index in [1.54, 1.807) is 0 Å². The van der Waals surface area contributed by atoms with Crippen molar-refractivity contribution in [2.75, 3.05) is 45.8 Å². The minimum atomic E-state index is -2.92. The van der Waals surface area contributed by atoms with Crippen LogP contribution in [-0.2, 0) is 19.4 Å². The van der Waals surface area contributed by atoms with Crippen LogP contribution in [0.2, 0.25) is 0 Å². The third-order valence-electron chi connectivity index (χ3n) is 7.68. The summed E-state index contributed by atoms with van der Waals surface area (Å²) in [5.74, 6) is 0.963. The lowest BCUT2D eigenvalue weighted by Gasteiger charge is -2.41. The molecule has 6 rings (SSSR count). The van der Waals surface area contributed by atoms with Gasteiger partial charge in [0.1, 0.15) is 0 Å². The average Bonchev–Trinajstić information content (AvgIpc) is 3.76. The van der Waals surface area contributed by atoms with E-state index in [1.165, 1.54) is 0 Å². The number of carbonyl (C=O) groups excluding carboxylic acids is 2. The molecule has 8 heteroatoms. The fraction of sp³-hybridized carbons (Fsp3) is 0.481. The van der Waals surface area contributed by atoms with Gasteiger partial charge in [0.15, 0.2) is 9.84 Å². The standard InChI is InChI=1S/C27H31N3O4S/c1-18-17-29(26(31)20-2-3-20)25-16-22(8-11-24(25)30(18)27(32)21-4-5-21)19-6-9-23(10-7-19)28-12-14-35(33,34)15-13-28/h6-11,16,18,20-21H,2-5,12-15,17H2,1H3/t18-/m0/s1. The number of sulfone groups is 1. The van der Waals surface area contributed by atoms with E-state index >= 15 is 0 Å². The monoisotopic (exact) mass is 493 g/mol. The molecule has 2 saturated carbocycles. The summed E-state index contributed by atoms with van der Waals surface area (Å²) in [4.78, 5) is 32.2. The van der Waals surface area contributed by atoms with Crippen molar-refractivity contribution in [2.24, 2.45) is 11.8 Å². The molecule has 2 aliphatic heterocycles. The van der Waals surface area contributed by atoms with Gasteiger partial charge >= 0.3 is 0 Å². The summed E-state index contributed by atoms with van der Waals surface area (Å²) in [6.07, 6.45) is 3.80. The van der Waals surface area contributed by atoms with Crippen molar-refractivity contribution < 1.29 is 18.0 Å². The molecule has 7 nitrogen and oxygen atoms in total. The summed E-state index contributed by atoms with van der Waals surface area (Å²) in [5, 5.41) is 0. The molecule has 0 bridgehead atoms. The first-order chi connectivity index (χ1) is 16.8. The van der Waals surface area contributed by atoms with Crippen molar-refractivity contribution in [2.45, 2.75) is 38.6 Å². The quantitative estimate of drug-likeness (QED) is 0.652. The molecule has 2 aliphatic carbocycles. The fourth-order valence-corrected chi connectivity index (χ4v) is 6.46. The van der Waals surface area contributed by atoms with Gasteiger partial charge in [0.05, 0.1) is 28.9 Å². The van der Waals surface area contributed by atoms with Gasteiger partial charge < -0.3 is 14.7 Å². The lowest BCUT2D eigenvalue weighted by Crippen LogP contribution is -2.52. The van der Waals surface area contributed by atoms with Gasteiger partial charge in [-0.2, -0.15) is 0 Å². The number of nitrogens with zero attached hydrogens (tertiary/aromatic N) is 3. The zero-order valence-electron chi connectivity index (χ0n) is 20.0. The molecule has 1 saturated heterocycles. The summed E-state index contributed by atoms with van der Waals surface area (Å²) in [7, 11) is -2.92. The molecular formula is C27H31N3O4S. The molecule has 0 radical (unpaired) electrons. The summed E-state index contributed by atoms with van der Waals surface area (Å²) < 4.78 is 23.5. The second-order valence-electron chi connectivity index (χ2n) is 10.4. The zero-order chi connectivity index (χ0) is 24.3. The number of amides is 2. The van der Waals surface area contributed by atoms with Crippen molar-refractivity contribution in [3.63, 3.8) is 0 Å². The highest BCUT2D eigenvalue weighted by Crippen LogP contribution is 2.44. The second-order valence-corrected chi connectivity index (χ2v) is 12.7. The molecule has 0 unspecified atom stereocenters. The van der Waals surface area contributed by atoms with Crippen molar-refractivity contribution in [3.8, 4) is 11.1 Å². The lowest BCUT2D eigenvalue weighted by atomic mass is 9.99. The Morgan fingerprint density at radius 1 is 0.800 bits per heavy atom. The Labute approximate surface area is 206 Å². The molecule has 0 N–H and O–H groups in total. The van der Waals surface area contributed by atoms with Gasteiger partial charge in [0.25, 0.3) is 0 Å². The summed E-state index contributed by atoms with van der Waals surface area (Å²) >= 11 is 0. The van der Waals surface area contributed by atoms with Crippen LogP contribution in [0.4, 0.5) is 17.1 Å². The van der Waals surface area contributed by atoms with E-state index in [2.05, 4.69) is 11.0 Å². The minimum Gasteiger partial charge on any atom is -0.369 e. The van der Waals surface area contributed by atoms with Gasteiger partial charge in [-0.05, 0) is 68.0 Å². The Morgan fingerprint density at radius 2 is 1.40 bits per heavy atom. The molecule has 4 aliphatic rings. The molecular weight excluding hydrogens is 462 g/mol. The molecule has 0 aromatic heterocycles. The Kier molecular flexibility index (Phi) is 5.40. The van der Waals surface area contributed by atoms with Gasteiger partial charge in [-0.15, -0.1) is 0 Å². The smallest absolute Gasteiger partial charge is 0.230 e. The molecule has 2 amide bonds. The second kappa shape index (κ2) is 8.36. The largest absolute Gasteiger partial charge is 0.369 e. The maximum atomic E-state index is 13.2. The minimum absolute atomic E-state index is 0.0446. The van der Waals surface area contributed by atoms with Gasteiger partial charge in [-0.25, -0.2) is 8.42 Å². The van der Waals surface area contributed by atoms with E-state index in [4.69, 9.17) is 0 Å².